The number of benzene rings is 1. The van der Waals surface area contributed by atoms with Crippen molar-refractivity contribution in [3.05, 3.63) is 45.3 Å². The van der Waals surface area contributed by atoms with Crippen LogP contribution in [0.25, 0.3) is 0 Å². The van der Waals surface area contributed by atoms with Crippen LogP contribution in [0.1, 0.15) is 19.4 Å². The van der Waals surface area contributed by atoms with Gasteiger partial charge in [-0.3, -0.25) is 10.1 Å². The van der Waals surface area contributed by atoms with Crippen molar-refractivity contribution in [3.63, 3.8) is 0 Å². The average molecular weight is 293 g/mol. The number of aryl methyl sites for hydroxylation is 1. The zero-order valence-corrected chi connectivity index (χ0v) is 11.9. The van der Waals surface area contributed by atoms with E-state index in [9.17, 15) is 20.0 Å². The number of carbonyl (C=O) groups excluding carboxylic acids is 1. The van der Waals surface area contributed by atoms with Crippen LogP contribution in [0, 0.1) is 17.0 Å². The molecule has 0 saturated carbocycles. The third-order valence-corrected chi connectivity index (χ3v) is 2.47. The number of allylic oxidation sites excluding steroid dienone is 1. The first-order valence-corrected chi connectivity index (χ1v) is 6.10. The van der Waals surface area contributed by atoms with E-state index in [0.717, 1.165) is 0 Å². The van der Waals surface area contributed by atoms with E-state index in [0.29, 0.717) is 5.56 Å². The second kappa shape index (κ2) is 7.13. The molecule has 0 heterocycles. The molecule has 0 aliphatic rings. The van der Waals surface area contributed by atoms with Gasteiger partial charge in [0.25, 0.3) is 5.69 Å². The minimum absolute atomic E-state index is 0.126. The number of hydrogen-bond acceptors (Lipinski definition) is 7. The summed E-state index contributed by atoms with van der Waals surface area (Å²) in [6.07, 6.45) is 0. The number of nitro groups is 1. The van der Waals surface area contributed by atoms with Gasteiger partial charge in [0.2, 0.25) is 5.70 Å². The molecule has 1 rings (SSSR count). The van der Waals surface area contributed by atoms with Gasteiger partial charge < -0.3 is 9.84 Å². The molecule has 21 heavy (non-hydrogen) atoms. The van der Waals surface area contributed by atoms with Crippen LogP contribution >= 0.6 is 0 Å². The fraction of sp³-hybridized carbons (Fsp3) is 0.308. The highest BCUT2D eigenvalue weighted by atomic mass is 16.6. The van der Waals surface area contributed by atoms with Gasteiger partial charge >= 0.3 is 5.97 Å². The molecule has 1 aromatic carbocycles. The Morgan fingerprint density at radius 1 is 1.48 bits per heavy atom. The van der Waals surface area contributed by atoms with Crippen molar-refractivity contribution in [2.75, 3.05) is 6.61 Å². The summed E-state index contributed by atoms with van der Waals surface area (Å²) in [6.45, 7) is 4.70. The number of ether oxygens (including phenoxy) is 1. The number of rotatable bonds is 5. The zero-order valence-electron chi connectivity index (χ0n) is 11.9. The summed E-state index contributed by atoms with van der Waals surface area (Å²) in [5.74, 6) is -1.16. The second-order valence-electron chi connectivity index (χ2n) is 4.08. The number of aliphatic hydroxyl groups excluding tert-OH is 1. The van der Waals surface area contributed by atoms with Crippen LogP contribution in [0.3, 0.4) is 0 Å². The quantitative estimate of drug-likeness (QED) is 0.223. The monoisotopic (exact) mass is 293 g/mol. The molecule has 0 radical (unpaired) electrons. The third kappa shape index (κ3) is 4.37. The molecule has 0 atom stereocenters. The smallest absolute Gasteiger partial charge is 0.362 e. The lowest BCUT2D eigenvalue weighted by Gasteiger charge is -2.03. The molecule has 0 amide bonds. The Balaban J connectivity index is 3.13. The van der Waals surface area contributed by atoms with Crippen molar-refractivity contribution in [1.29, 1.82) is 0 Å². The molecule has 8 nitrogen and oxygen atoms in total. The van der Waals surface area contributed by atoms with Crippen LogP contribution in [0.4, 0.5) is 11.4 Å². The average Bonchev–Trinajstić information content (AvgIpc) is 2.40. The molecule has 112 valence electrons. The molecule has 1 aromatic rings. The predicted octanol–water partition coefficient (Wildman–Crippen LogP) is 3.34. The van der Waals surface area contributed by atoms with Crippen molar-refractivity contribution in [3.8, 4) is 0 Å². The van der Waals surface area contributed by atoms with Gasteiger partial charge in [-0.1, -0.05) is 6.07 Å². The van der Waals surface area contributed by atoms with E-state index in [1.54, 1.807) is 13.8 Å². The summed E-state index contributed by atoms with van der Waals surface area (Å²) >= 11 is 0. The second-order valence-corrected chi connectivity index (χ2v) is 4.08. The topological polar surface area (TPSA) is 114 Å². The van der Waals surface area contributed by atoms with Crippen molar-refractivity contribution in [2.45, 2.75) is 20.8 Å². The first-order chi connectivity index (χ1) is 9.86. The fourth-order valence-electron chi connectivity index (χ4n) is 1.38. The number of esters is 1. The lowest BCUT2D eigenvalue weighted by Crippen LogP contribution is -2.07. The number of nitrogens with zero attached hydrogens (tertiary/aromatic N) is 3. The van der Waals surface area contributed by atoms with Gasteiger partial charge in [0.15, 0.2) is 0 Å². The van der Waals surface area contributed by atoms with E-state index < -0.39 is 10.9 Å². The number of non-ortho nitro benzene ring substituents is 1. The molecule has 0 aliphatic carbocycles. The van der Waals surface area contributed by atoms with Crippen molar-refractivity contribution in [1.82, 2.24) is 0 Å². The molecule has 0 spiro atoms. The Hall–Kier alpha value is -2.77. The number of nitro benzene ring substituents is 1. The summed E-state index contributed by atoms with van der Waals surface area (Å²) in [6, 6.07) is 4.09. The van der Waals surface area contributed by atoms with Crippen LogP contribution in [-0.2, 0) is 9.53 Å². The van der Waals surface area contributed by atoms with E-state index in [4.69, 9.17) is 4.74 Å². The van der Waals surface area contributed by atoms with Gasteiger partial charge in [0.1, 0.15) is 5.76 Å². The van der Waals surface area contributed by atoms with Crippen LogP contribution in [-0.4, -0.2) is 22.6 Å². The van der Waals surface area contributed by atoms with Crippen LogP contribution < -0.4 is 0 Å². The normalized spacial score (nSPS) is 12.1. The van der Waals surface area contributed by atoms with E-state index in [1.165, 1.54) is 25.1 Å². The summed E-state index contributed by atoms with van der Waals surface area (Å²) in [5.41, 5.74) is 0.384. The number of aliphatic hydroxyl groups is 1. The predicted molar refractivity (Wildman–Crippen MR) is 74.3 cm³/mol. The van der Waals surface area contributed by atoms with Gasteiger partial charge in [-0.15, -0.1) is 10.2 Å². The number of carbonyl (C=O) groups is 1. The van der Waals surface area contributed by atoms with E-state index >= 15 is 0 Å². The zero-order chi connectivity index (χ0) is 16.0. The first kappa shape index (κ1) is 16.3. The Morgan fingerprint density at radius 3 is 2.67 bits per heavy atom. The van der Waals surface area contributed by atoms with Crippen LogP contribution in [0.15, 0.2) is 39.9 Å². The highest BCUT2D eigenvalue weighted by molar-refractivity contribution is 5.88. The van der Waals surface area contributed by atoms with E-state index in [1.807, 2.05) is 0 Å². The van der Waals surface area contributed by atoms with E-state index in [2.05, 4.69) is 10.2 Å². The molecule has 1 N–H and O–H groups in total. The summed E-state index contributed by atoms with van der Waals surface area (Å²) in [7, 11) is 0. The number of hydrogen-bond donors (Lipinski definition) is 1. The molecule has 0 aliphatic heterocycles. The van der Waals surface area contributed by atoms with Gasteiger partial charge in [-0.2, -0.15) is 0 Å². The molecular formula is C13H15N3O5. The Kier molecular flexibility index (Phi) is 5.53. The van der Waals surface area contributed by atoms with Crippen LogP contribution in [0.5, 0.6) is 0 Å². The summed E-state index contributed by atoms with van der Waals surface area (Å²) in [4.78, 5) is 21.7. The molecule has 0 unspecified atom stereocenters. The minimum Gasteiger partial charge on any atom is -0.510 e. The van der Waals surface area contributed by atoms with Gasteiger partial charge in [0, 0.05) is 12.1 Å². The maximum Gasteiger partial charge on any atom is 0.362 e. The van der Waals surface area contributed by atoms with Crippen LogP contribution in [0.2, 0.25) is 0 Å². The Labute approximate surface area is 120 Å². The highest BCUT2D eigenvalue weighted by Gasteiger charge is 2.14. The van der Waals surface area contributed by atoms with Gasteiger partial charge in [-0.05, 0) is 26.3 Å². The standard InChI is InChI=1S/C13H15N3O5/c1-4-21-13(18)12(9(3)17)15-14-11-7-10(16(19)20)6-5-8(11)2/h5-7,17H,4H2,1-3H3/b12-9-,15-14?. The largest absolute Gasteiger partial charge is 0.510 e. The summed E-state index contributed by atoms with van der Waals surface area (Å²) < 4.78 is 4.73. The molecule has 8 heteroatoms. The Bertz CT molecular complexity index is 618. The van der Waals surface area contributed by atoms with Crippen molar-refractivity contribution >= 4 is 17.3 Å². The van der Waals surface area contributed by atoms with Crippen molar-refractivity contribution < 1.29 is 19.6 Å². The van der Waals surface area contributed by atoms with Gasteiger partial charge in [-0.25, -0.2) is 4.79 Å². The van der Waals surface area contributed by atoms with Crippen molar-refractivity contribution in [2.24, 2.45) is 10.2 Å². The Morgan fingerprint density at radius 2 is 2.14 bits per heavy atom. The summed E-state index contributed by atoms with van der Waals surface area (Å²) in [5, 5.41) is 27.5. The maximum atomic E-state index is 11.6. The molecule has 0 bridgehead atoms. The number of azo groups is 1. The fourth-order valence-corrected chi connectivity index (χ4v) is 1.38. The lowest BCUT2D eigenvalue weighted by atomic mass is 10.2. The first-order valence-electron chi connectivity index (χ1n) is 6.10. The van der Waals surface area contributed by atoms with E-state index in [-0.39, 0.29) is 29.4 Å². The molecule has 0 aromatic heterocycles. The maximum absolute atomic E-state index is 11.6. The molecule has 0 fully saturated rings. The molecular weight excluding hydrogens is 278 g/mol. The van der Waals surface area contributed by atoms with Gasteiger partial charge in [0.05, 0.1) is 17.2 Å². The highest BCUT2D eigenvalue weighted by Crippen LogP contribution is 2.25. The molecule has 0 saturated heterocycles. The lowest BCUT2D eigenvalue weighted by molar-refractivity contribution is -0.384. The minimum atomic E-state index is -0.815. The SMILES string of the molecule is CCOC(=O)/C(N=Nc1cc([N+](=O)[O-])ccc1C)=C(\C)O. The third-order valence-electron chi connectivity index (χ3n) is 2.47.